The first-order valence-electron chi connectivity index (χ1n) is 6.88. The summed E-state index contributed by atoms with van der Waals surface area (Å²) in [6.45, 7) is 0. The van der Waals surface area contributed by atoms with Crippen LogP contribution in [0.5, 0.6) is 5.75 Å². The van der Waals surface area contributed by atoms with Gasteiger partial charge in [0.1, 0.15) is 29.1 Å². The van der Waals surface area contributed by atoms with Gasteiger partial charge in [0.15, 0.2) is 0 Å². The van der Waals surface area contributed by atoms with E-state index in [1.807, 2.05) is 0 Å². The molecule has 2 N–H and O–H groups in total. The molecule has 6 heteroatoms. The summed E-state index contributed by atoms with van der Waals surface area (Å²) < 4.78 is 5.92. The molecule has 1 heterocycles. The second-order valence-electron chi connectivity index (χ2n) is 5.56. The van der Waals surface area contributed by atoms with Crippen molar-refractivity contribution in [3.05, 3.63) is 33.9 Å². The van der Waals surface area contributed by atoms with Crippen molar-refractivity contribution in [1.29, 1.82) is 0 Å². The summed E-state index contributed by atoms with van der Waals surface area (Å²) in [5, 5.41) is 31.8. The molecule has 1 aliphatic heterocycles. The molecule has 0 radical (unpaired) electrons. The van der Waals surface area contributed by atoms with Crippen LogP contribution in [0.2, 0.25) is 0 Å². The Morgan fingerprint density at radius 2 is 1.95 bits per heavy atom. The van der Waals surface area contributed by atoms with E-state index in [0.29, 0.717) is 18.6 Å². The Morgan fingerprint density at radius 1 is 1.25 bits per heavy atom. The zero-order valence-corrected chi connectivity index (χ0v) is 11.0. The van der Waals surface area contributed by atoms with Crippen molar-refractivity contribution in [2.24, 2.45) is 0 Å². The van der Waals surface area contributed by atoms with E-state index in [1.165, 1.54) is 12.1 Å². The summed E-state index contributed by atoms with van der Waals surface area (Å²) in [5.74, 6) is 0.318. The van der Waals surface area contributed by atoms with Gasteiger partial charge in [-0.05, 0) is 31.7 Å². The average molecular weight is 279 g/mol. The van der Waals surface area contributed by atoms with Crippen molar-refractivity contribution in [3.63, 3.8) is 0 Å². The highest BCUT2D eigenvalue weighted by Gasteiger charge is 2.51. The average Bonchev–Trinajstić information content (AvgIpc) is 2.45. The van der Waals surface area contributed by atoms with Crippen molar-refractivity contribution in [1.82, 2.24) is 0 Å². The Bertz CT molecular complexity index is 538. The summed E-state index contributed by atoms with van der Waals surface area (Å²) in [7, 11) is 0. The zero-order chi connectivity index (χ0) is 14.3. The van der Waals surface area contributed by atoms with E-state index in [9.17, 15) is 20.3 Å². The standard InChI is InChI=1S/C14H17NO5/c16-12-11-9(15(18)19)5-4-6-10(11)20-14(13(12)17)7-2-1-3-8-14/h4-6,12-13,16-17H,1-3,7-8H2/t12-,13-/m1/s1. The number of rotatable bonds is 1. The van der Waals surface area contributed by atoms with Crippen molar-refractivity contribution in [2.75, 3.05) is 0 Å². The highest BCUT2D eigenvalue weighted by Crippen LogP contribution is 2.48. The summed E-state index contributed by atoms with van der Waals surface area (Å²) in [5.41, 5.74) is -0.930. The third kappa shape index (κ3) is 1.87. The van der Waals surface area contributed by atoms with Crippen LogP contribution in [0.25, 0.3) is 0 Å². The van der Waals surface area contributed by atoms with Gasteiger partial charge in [0.05, 0.1) is 4.92 Å². The Hall–Kier alpha value is -1.66. The predicted molar refractivity (Wildman–Crippen MR) is 70.5 cm³/mol. The van der Waals surface area contributed by atoms with E-state index in [0.717, 1.165) is 19.3 Å². The summed E-state index contributed by atoms with van der Waals surface area (Å²) >= 11 is 0. The number of nitrogens with zero attached hydrogens (tertiary/aromatic N) is 1. The molecular weight excluding hydrogens is 262 g/mol. The van der Waals surface area contributed by atoms with Gasteiger partial charge in [-0.15, -0.1) is 0 Å². The predicted octanol–water partition coefficient (Wildman–Crippen LogP) is 2.08. The molecule has 1 aliphatic carbocycles. The van der Waals surface area contributed by atoms with Crippen LogP contribution in [0.3, 0.4) is 0 Å². The minimum absolute atomic E-state index is 0.0844. The third-order valence-electron chi connectivity index (χ3n) is 4.39. The minimum Gasteiger partial charge on any atom is -0.484 e. The quantitative estimate of drug-likeness (QED) is 0.606. The first-order valence-corrected chi connectivity index (χ1v) is 6.88. The Morgan fingerprint density at radius 3 is 2.60 bits per heavy atom. The van der Waals surface area contributed by atoms with E-state index in [2.05, 4.69) is 0 Å². The van der Waals surface area contributed by atoms with E-state index < -0.39 is 22.7 Å². The van der Waals surface area contributed by atoms with Crippen molar-refractivity contribution < 1.29 is 19.9 Å². The number of hydrogen-bond acceptors (Lipinski definition) is 5. The minimum atomic E-state index is -1.28. The van der Waals surface area contributed by atoms with E-state index in [4.69, 9.17) is 4.74 Å². The monoisotopic (exact) mass is 279 g/mol. The molecule has 0 saturated heterocycles. The topological polar surface area (TPSA) is 92.8 Å². The molecule has 1 aromatic carbocycles. The summed E-state index contributed by atoms with van der Waals surface area (Å²) in [4.78, 5) is 10.5. The van der Waals surface area contributed by atoms with Crippen LogP contribution < -0.4 is 4.74 Å². The van der Waals surface area contributed by atoms with Gasteiger partial charge in [-0.25, -0.2) is 0 Å². The Balaban J connectivity index is 2.07. The molecule has 0 bridgehead atoms. The van der Waals surface area contributed by atoms with Crippen molar-refractivity contribution in [3.8, 4) is 5.75 Å². The molecule has 1 spiro atoms. The van der Waals surface area contributed by atoms with E-state index in [1.54, 1.807) is 6.07 Å². The number of aliphatic hydroxyl groups excluding tert-OH is 2. The molecular formula is C14H17NO5. The van der Waals surface area contributed by atoms with Crippen LogP contribution in [0.15, 0.2) is 18.2 Å². The van der Waals surface area contributed by atoms with Gasteiger partial charge >= 0.3 is 0 Å². The summed E-state index contributed by atoms with van der Waals surface area (Å²) in [6.07, 6.45) is 1.84. The van der Waals surface area contributed by atoms with Crippen LogP contribution in [-0.2, 0) is 0 Å². The van der Waals surface area contributed by atoms with E-state index in [-0.39, 0.29) is 11.3 Å². The lowest BCUT2D eigenvalue weighted by Crippen LogP contribution is -2.54. The number of benzene rings is 1. The second-order valence-corrected chi connectivity index (χ2v) is 5.56. The van der Waals surface area contributed by atoms with Crippen LogP contribution in [0.4, 0.5) is 5.69 Å². The van der Waals surface area contributed by atoms with Gasteiger partial charge in [-0.2, -0.15) is 0 Å². The zero-order valence-electron chi connectivity index (χ0n) is 11.0. The molecule has 2 aliphatic rings. The van der Waals surface area contributed by atoms with Crippen LogP contribution >= 0.6 is 0 Å². The molecule has 0 amide bonds. The molecule has 0 aromatic heterocycles. The second kappa shape index (κ2) is 4.71. The Labute approximate surface area is 116 Å². The van der Waals surface area contributed by atoms with Crippen molar-refractivity contribution >= 4 is 5.69 Å². The van der Waals surface area contributed by atoms with E-state index >= 15 is 0 Å². The fourth-order valence-electron chi connectivity index (χ4n) is 3.35. The largest absolute Gasteiger partial charge is 0.484 e. The summed E-state index contributed by atoms with van der Waals surface area (Å²) in [6, 6.07) is 4.47. The van der Waals surface area contributed by atoms with Crippen LogP contribution in [-0.4, -0.2) is 26.8 Å². The number of hydrogen-bond donors (Lipinski definition) is 2. The normalized spacial score (nSPS) is 27.7. The van der Waals surface area contributed by atoms with Crippen LogP contribution in [0, 0.1) is 10.1 Å². The first kappa shape index (κ1) is 13.3. The SMILES string of the molecule is O=[N+]([O-])c1cccc2c1[C@@H](O)[C@@H](O)C1(CCCCC1)O2. The number of nitro benzene ring substituents is 1. The molecule has 3 rings (SSSR count). The molecule has 1 saturated carbocycles. The molecule has 20 heavy (non-hydrogen) atoms. The number of ether oxygens (including phenoxy) is 1. The highest BCUT2D eigenvalue weighted by molar-refractivity contribution is 5.53. The van der Waals surface area contributed by atoms with Gasteiger partial charge < -0.3 is 14.9 Å². The van der Waals surface area contributed by atoms with Gasteiger partial charge in [-0.1, -0.05) is 12.5 Å². The lowest BCUT2D eigenvalue weighted by molar-refractivity contribution is -0.386. The Kier molecular flexibility index (Phi) is 3.14. The van der Waals surface area contributed by atoms with Gasteiger partial charge in [-0.3, -0.25) is 10.1 Å². The molecule has 0 unspecified atom stereocenters. The number of aliphatic hydroxyl groups is 2. The van der Waals surface area contributed by atoms with Crippen LogP contribution in [0.1, 0.15) is 43.8 Å². The number of nitro groups is 1. The van der Waals surface area contributed by atoms with Gasteiger partial charge in [0.2, 0.25) is 0 Å². The smallest absolute Gasteiger partial charge is 0.279 e. The molecule has 1 fully saturated rings. The lowest BCUT2D eigenvalue weighted by atomic mass is 9.75. The lowest BCUT2D eigenvalue weighted by Gasteiger charge is -2.46. The first-order chi connectivity index (χ1) is 9.55. The fraction of sp³-hybridized carbons (Fsp3) is 0.571. The maximum absolute atomic E-state index is 11.1. The molecule has 6 nitrogen and oxygen atoms in total. The maximum Gasteiger partial charge on any atom is 0.279 e. The number of fused-ring (bicyclic) bond motifs is 1. The maximum atomic E-state index is 11.1. The van der Waals surface area contributed by atoms with Crippen molar-refractivity contribution in [2.45, 2.75) is 49.9 Å². The molecule has 1 aromatic rings. The third-order valence-corrected chi connectivity index (χ3v) is 4.39. The van der Waals surface area contributed by atoms with Gasteiger partial charge in [0, 0.05) is 6.07 Å². The van der Waals surface area contributed by atoms with Gasteiger partial charge in [0.25, 0.3) is 5.69 Å². The molecule has 108 valence electrons. The fourth-order valence-corrected chi connectivity index (χ4v) is 3.35. The highest BCUT2D eigenvalue weighted by atomic mass is 16.6. The molecule has 2 atom stereocenters.